The van der Waals surface area contributed by atoms with E-state index in [1.54, 1.807) is 23.5 Å². The van der Waals surface area contributed by atoms with Gasteiger partial charge in [0.25, 0.3) is 11.8 Å². The number of benzene rings is 4. The van der Waals surface area contributed by atoms with Gasteiger partial charge in [-0.15, -0.1) is 0 Å². The fourth-order valence-electron chi connectivity index (χ4n) is 8.58. The second kappa shape index (κ2) is 17.8. The van der Waals surface area contributed by atoms with E-state index in [4.69, 9.17) is 14.7 Å². The quantitative estimate of drug-likeness (QED) is 0.151. The Kier molecular flexibility index (Phi) is 12.0. The number of hydrogen-bond donors (Lipinski definition) is 5. The monoisotopic (exact) mass is 815 g/mol. The summed E-state index contributed by atoms with van der Waals surface area (Å²) in [7, 11) is 0. The predicted octanol–water partition coefficient (Wildman–Crippen LogP) is 5.35. The highest BCUT2D eigenvalue weighted by Gasteiger charge is 2.35. The molecule has 11 nitrogen and oxygen atoms in total. The van der Waals surface area contributed by atoms with Crippen molar-refractivity contribution in [3.63, 3.8) is 0 Å². The molecule has 1 aliphatic carbocycles. The maximum absolute atomic E-state index is 13.4. The van der Waals surface area contributed by atoms with Crippen molar-refractivity contribution in [1.29, 1.82) is 0 Å². The number of carbonyl (C=O) groups excluding carboxylic acids is 2. The third kappa shape index (κ3) is 8.34. The second-order valence-electron chi connectivity index (χ2n) is 15.4. The van der Waals surface area contributed by atoms with E-state index in [0.717, 1.165) is 108 Å². The van der Waals surface area contributed by atoms with Crippen molar-refractivity contribution >= 4 is 58.4 Å². The molecule has 5 N–H and O–H groups in total. The molecule has 2 saturated heterocycles. The Morgan fingerprint density at radius 1 is 0.845 bits per heavy atom. The molecule has 4 aliphatic heterocycles. The Bertz CT molecular complexity index is 2250. The lowest BCUT2D eigenvalue weighted by atomic mass is 9.99. The highest BCUT2D eigenvalue weighted by atomic mass is 32.2. The molecule has 0 aromatic heterocycles. The molecule has 0 bridgehead atoms. The molecule has 1 unspecified atom stereocenters. The highest BCUT2D eigenvalue weighted by molar-refractivity contribution is 8.00. The molecule has 2 atom stereocenters. The molecule has 1 saturated carbocycles. The lowest BCUT2D eigenvalue weighted by Crippen LogP contribution is -3.17. The maximum atomic E-state index is 13.4. The van der Waals surface area contributed by atoms with Crippen LogP contribution in [0.15, 0.2) is 108 Å². The van der Waals surface area contributed by atoms with Gasteiger partial charge in [-0.25, -0.2) is 4.99 Å². The molecule has 4 heterocycles. The molecule has 3 fully saturated rings. The number of nitrogens with one attached hydrogen (secondary N) is 5. The summed E-state index contributed by atoms with van der Waals surface area (Å²) >= 11 is 3.47. The zero-order valence-corrected chi connectivity index (χ0v) is 34.6. The topological polar surface area (TPSA) is 124 Å². The van der Waals surface area contributed by atoms with Gasteiger partial charge in [0.1, 0.15) is 12.4 Å². The SMILES string of the molecule is CCOCCNC(=O)c1ccc2c(c1)N=C([NH+]1CCN[C@H](c3cccc4c3Sc3ccc(C(=O)NC5CCCC5)cc3N=C4N3CCNCC3)C1)c1ccccc1S2. The van der Waals surface area contributed by atoms with Gasteiger partial charge in [0.15, 0.2) is 0 Å². The third-order valence-electron chi connectivity index (χ3n) is 11.6. The minimum Gasteiger partial charge on any atom is -0.380 e. The van der Waals surface area contributed by atoms with Crippen LogP contribution in [0.4, 0.5) is 11.4 Å². The van der Waals surface area contributed by atoms with Gasteiger partial charge in [-0.2, -0.15) is 4.99 Å². The van der Waals surface area contributed by atoms with Crippen LogP contribution >= 0.6 is 23.5 Å². The van der Waals surface area contributed by atoms with Crippen molar-refractivity contribution in [1.82, 2.24) is 26.2 Å². The molecule has 5 aliphatic rings. The molecule has 0 spiro atoms. The van der Waals surface area contributed by atoms with Crippen LogP contribution < -0.4 is 26.2 Å². The Labute approximate surface area is 348 Å². The first-order valence-corrected chi connectivity index (χ1v) is 22.4. The van der Waals surface area contributed by atoms with Crippen molar-refractivity contribution in [2.75, 3.05) is 65.6 Å². The molecule has 9 rings (SSSR count). The van der Waals surface area contributed by atoms with Crippen LogP contribution in [0.2, 0.25) is 0 Å². The molecule has 0 radical (unpaired) electrons. The van der Waals surface area contributed by atoms with Gasteiger partial charge >= 0.3 is 0 Å². The van der Waals surface area contributed by atoms with Gasteiger partial charge in [-0.3, -0.25) is 19.8 Å². The number of amidine groups is 2. The maximum Gasteiger partial charge on any atom is 0.251 e. The van der Waals surface area contributed by atoms with Gasteiger partial charge in [0.2, 0.25) is 5.84 Å². The van der Waals surface area contributed by atoms with E-state index in [2.05, 4.69) is 74.7 Å². The molecular formula is C45H51N8O3S2+. The summed E-state index contributed by atoms with van der Waals surface area (Å²) < 4.78 is 5.43. The van der Waals surface area contributed by atoms with E-state index in [-0.39, 0.29) is 23.9 Å². The van der Waals surface area contributed by atoms with E-state index in [1.807, 2.05) is 37.3 Å². The van der Waals surface area contributed by atoms with Crippen molar-refractivity contribution in [2.45, 2.75) is 64.3 Å². The lowest BCUT2D eigenvalue weighted by Gasteiger charge is -2.34. The summed E-state index contributed by atoms with van der Waals surface area (Å²) in [5, 5.41) is 13.6. The minimum atomic E-state index is -0.128. The number of fused-ring (bicyclic) bond motifs is 4. The van der Waals surface area contributed by atoms with Crippen LogP contribution in [0, 0.1) is 0 Å². The molecule has 58 heavy (non-hydrogen) atoms. The smallest absolute Gasteiger partial charge is 0.251 e. The number of rotatable bonds is 8. The number of quaternary nitrogens is 1. The molecule has 300 valence electrons. The first kappa shape index (κ1) is 39.0. The van der Waals surface area contributed by atoms with Gasteiger partial charge in [0, 0.05) is 88.2 Å². The summed E-state index contributed by atoms with van der Waals surface area (Å²) in [6, 6.07) is 27.3. The van der Waals surface area contributed by atoms with E-state index in [0.29, 0.717) is 30.9 Å². The standard InChI is InChI=1S/C45H50N8O3S2/c1-2-56-25-21-48-44(54)29-14-16-39-35(26-29)50-42(33-10-5-6-13-38(33)57-39)53-24-20-47-37(28-53)32-11-7-12-34-41(32)58-40-17-15-30(45(55)49-31-8-3-4-9-31)27-36(40)51-43(34)52-22-18-46-19-23-52/h5-7,10-17,26-27,31,37,46-47H,2-4,8-9,18-25,28H2,1H3,(H,48,54)(H,49,55)/p+1/t37-/m0/s1. The van der Waals surface area contributed by atoms with E-state index < -0.39 is 0 Å². The van der Waals surface area contributed by atoms with E-state index >= 15 is 0 Å². The zero-order chi connectivity index (χ0) is 39.4. The highest BCUT2D eigenvalue weighted by Crippen LogP contribution is 2.45. The fraction of sp³-hybridized carbons (Fsp3) is 0.378. The average Bonchev–Trinajstić information content (AvgIpc) is 3.64. The van der Waals surface area contributed by atoms with Crippen LogP contribution in [-0.4, -0.2) is 100.0 Å². The number of amides is 2. The molecule has 2 amide bonds. The summed E-state index contributed by atoms with van der Waals surface area (Å²) in [4.78, 5) is 45.5. The number of carbonyl (C=O) groups is 2. The fourth-order valence-corrected chi connectivity index (χ4v) is 10.7. The van der Waals surface area contributed by atoms with Gasteiger partial charge < -0.3 is 25.6 Å². The van der Waals surface area contributed by atoms with E-state index in [1.165, 1.54) is 28.2 Å². The first-order valence-electron chi connectivity index (χ1n) is 20.8. The van der Waals surface area contributed by atoms with Crippen LogP contribution in [0.5, 0.6) is 0 Å². The first-order chi connectivity index (χ1) is 28.5. The Hall–Kier alpha value is -4.50. The normalized spacial score (nSPS) is 20.3. The third-order valence-corrected chi connectivity index (χ3v) is 13.9. The van der Waals surface area contributed by atoms with Crippen LogP contribution in [0.3, 0.4) is 0 Å². The van der Waals surface area contributed by atoms with E-state index in [9.17, 15) is 9.59 Å². The minimum absolute atomic E-state index is 0.0171. The van der Waals surface area contributed by atoms with Crippen molar-refractivity contribution in [3.8, 4) is 0 Å². The van der Waals surface area contributed by atoms with Crippen molar-refractivity contribution in [3.05, 3.63) is 107 Å². The Balaban J connectivity index is 1.04. The molecular weight excluding hydrogens is 765 g/mol. The number of nitrogens with zero attached hydrogens (tertiary/aromatic N) is 3. The molecule has 4 aromatic carbocycles. The predicted molar refractivity (Wildman–Crippen MR) is 231 cm³/mol. The number of piperazine rings is 2. The van der Waals surface area contributed by atoms with Crippen LogP contribution in [-0.2, 0) is 4.74 Å². The van der Waals surface area contributed by atoms with Crippen LogP contribution in [0.25, 0.3) is 0 Å². The van der Waals surface area contributed by atoms with Crippen molar-refractivity contribution in [2.24, 2.45) is 9.98 Å². The second-order valence-corrected chi connectivity index (χ2v) is 17.5. The Morgan fingerprint density at radius 2 is 1.59 bits per heavy atom. The largest absolute Gasteiger partial charge is 0.380 e. The van der Waals surface area contributed by atoms with Gasteiger partial charge in [-0.1, -0.05) is 66.7 Å². The van der Waals surface area contributed by atoms with Crippen molar-refractivity contribution < 1.29 is 19.2 Å². The number of ether oxygens (including phenoxy) is 1. The summed E-state index contributed by atoms with van der Waals surface area (Å²) in [6.07, 6.45) is 4.44. The summed E-state index contributed by atoms with van der Waals surface area (Å²) in [5.74, 6) is 1.81. The summed E-state index contributed by atoms with van der Waals surface area (Å²) in [6.45, 7) is 9.48. The van der Waals surface area contributed by atoms with Gasteiger partial charge in [0.05, 0.1) is 36.1 Å². The zero-order valence-electron chi connectivity index (χ0n) is 32.9. The summed E-state index contributed by atoms with van der Waals surface area (Å²) in [5.41, 5.74) is 6.39. The number of hydrogen-bond acceptors (Lipinski definition) is 10. The lowest BCUT2D eigenvalue weighted by molar-refractivity contribution is -0.812. The van der Waals surface area contributed by atoms with Crippen LogP contribution in [0.1, 0.15) is 76.1 Å². The number of aliphatic imine (C=N–C) groups is 2. The van der Waals surface area contributed by atoms with Gasteiger partial charge in [-0.05, 0) is 73.9 Å². The molecule has 4 aromatic rings. The average molecular weight is 816 g/mol. The molecule has 13 heteroatoms. The Morgan fingerprint density at radius 3 is 2.40 bits per heavy atom.